The van der Waals surface area contributed by atoms with E-state index in [0.29, 0.717) is 17.6 Å². The Morgan fingerprint density at radius 1 is 1.05 bits per heavy atom. The lowest BCUT2D eigenvalue weighted by Crippen LogP contribution is -2.41. The molecule has 0 radical (unpaired) electrons. The maximum atomic E-state index is 15.1. The Hall–Kier alpha value is -3.73. The lowest BCUT2D eigenvalue weighted by molar-refractivity contribution is -0.169. The Balaban J connectivity index is 1.51. The van der Waals surface area contributed by atoms with Gasteiger partial charge in [0.2, 0.25) is 0 Å². The number of anilines is 2. The Kier molecular flexibility index (Phi) is 6.29. The number of aryl methyl sites for hydroxylation is 1. The maximum absolute atomic E-state index is 15.1. The third-order valence-corrected chi connectivity index (χ3v) is 6.92. The van der Waals surface area contributed by atoms with Crippen molar-refractivity contribution in [1.82, 2.24) is 29.5 Å². The number of nitrogens with one attached hydrogen (secondary N) is 1. The minimum Gasteiger partial charge on any atom is -0.384 e. The van der Waals surface area contributed by atoms with E-state index in [1.165, 1.54) is 37.0 Å². The summed E-state index contributed by atoms with van der Waals surface area (Å²) in [6.45, 7) is 7.82. The van der Waals surface area contributed by atoms with Crippen molar-refractivity contribution in [3.05, 3.63) is 65.0 Å². The minimum absolute atomic E-state index is 0.102. The molecule has 0 bridgehead atoms. The number of benzene rings is 1. The van der Waals surface area contributed by atoms with E-state index in [0.717, 1.165) is 55.9 Å². The van der Waals surface area contributed by atoms with Crippen LogP contribution in [0.15, 0.2) is 36.7 Å². The van der Waals surface area contributed by atoms with E-state index in [9.17, 15) is 9.50 Å². The highest BCUT2D eigenvalue weighted by molar-refractivity contribution is 5.71. The van der Waals surface area contributed by atoms with Crippen LogP contribution >= 0.6 is 0 Å². The summed E-state index contributed by atoms with van der Waals surface area (Å²) in [7, 11) is 0. The molecule has 1 aliphatic carbocycles. The standard InChI is InChI=1S/C27H30F3N7O/c1-15-24(19-8-10-20(28)11-9-19)35-36(13-18-6-7-18)25(15)33-21-12-22(32-14-31-21)37-17(3)23(16(2)34-37)27(29,30)26(4,5)38/h8-12,14,18,38H,6-7,13H2,1-5H3,(H,31,32,33). The summed E-state index contributed by atoms with van der Waals surface area (Å²) < 4.78 is 46.9. The van der Waals surface area contributed by atoms with Crippen LogP contribution in [0.25, 0.3) is 17.1 Å². The number of aliphatic hydroxyl groups is 1. The highest BCUT2D eigenvalue weighted by Crippen LogP contribution is 2.42. The first-order valence-electron chi connectivity index (χ1n) is 12.5. The zero-order valence-electron chi connectivity index (χ0n) is 21.9. The number of aromatic nitrogens is 6. The molecule has 4 aromatic rings. The molecule has 200 valence electrons. The number of alkyl halides is 2. The van der Waals surface area contributed by atoms with E-state index >= 15 is 8.78 Å². The summed E-state index contributed by atoms with van der Waals surface area (Å²) in [6.07, 6.45) is 3.61. The zero-order chi connectivity index (χ0) is 27.4. The topological polar surface area (TPSA) is 93.7 Å². The summed E-state index contributed by atoms with van der Waals surface area (Å²) in [5, 5.41) is 22.5. The van der Waals surface area contributed by atoms with Crippen LogP contribution in [0, 0.1) is 32.5 Å². The molecule has 1 aliphatic rings. The summed E-state index contributed by atoms with van der Waals surface area (Å²) in [5.74, 6) is -1.82. The number of hydrogen-bond donors (Lipinski definition) is 2. The number of hydrogen-bond acceptors (Lipinski definition) is 6. The van der Waals surface area contributed by atoms with Crippen LogP contribution < -0.4 is 5.32 Å². The molecular weight excluding hydrogens is 495 g/mol. The predicted molar refractivity (Wildman–Crippen MR) is 137 cm³/mol. The average Bonchev–Trinajstić information content (AvgIpc) is 3.55. The van der Waals surface area contributed by atoms with E-state index in [1.54, 1.807) is 18.2 Å². The summed E-state index contributed by atoms with van der Waals surface area (Å²) in [5.41, 5.74) is 0.0790. The maximum Gasteiger partial charge on any atom is 0.304 e. The highest BCUT2D eigenvalue weighted by atomic mass is 19.3. The van der Waals surface area contributed by atoms with E-state index in [-0.39, 0.29) is 22.8 Å². The van der Waals surface area contributed by atoms with Gasteiger partial charge in [0.05, 0.1) is 22.6 Å². The second-order valence-electron chi connectivity index (χ2n) is 10.4. The summed E-state index contributed by atoms with van der Waals surface area (Å²) in [6, 6.07) is 7.83. The third kappa shape index (κ3) is 4.66. The first kappa shape index (κ1) is 25.9. The predicted octanol–water partition coefficient (Wildman–Crippen LogP) is 5.61. The molecule has 3 aromatic heterocycles. The fraction of sp³-hybridized carbons (Fsp3) is 0.407. The second kappa shape index (κ2) is 9.23. The van der Waals surface area contributed by atoms with Gasteiger partial charge in [-0.1, -0.05) is 0 Å². The Morgan fingerprint density at radius 3 is 2.37 bits per heavy atom. The van der Waals surface area contributed by atoms with Gasteiger partial charge in [0, 0.05) is 23.7 Å². The lowest BCUT2D eigenvalue weighted by atomic mass is 9.92. The first-order chi connectivity index (χ1) is 17.9. The molecule has 1 aromatic carbocycles. The number of nitrogens with zero attached hydrogens (tertiary/aromatic N) is 6. The minimum atomic E-state index is -3.52. The molecule has 0 saturated heterocycles. The van der Waals surface area contributed by atoms with Crippen molar-refractivity contribution >= 4 is 11.6 Å². The van der Waals surface area contributed by atoms with Gasteiger partial charge in [-0.05, 0) is 77.6 Å². The van der Waals surface area contributed by atoms with Crippen molar-refractivity contribution in [3.8, 4) is 17.1 Å². The fourth-order valence-corrected chi connectivity index (χ4v) is 4.55. The van der Waals surface area contributed by atoms with Gasteiger partial charge in [0.1, 0.15) is 29.4 Å². The molecular formula is C27H30F3N7O. The first-order valence-corrected chi connectivity index (χ1v) is 12.5. The van der Waals surface area contributed by atoms with Crippen molar-refractivity contribution < 1.29 is 18.3 Å². The van der Waals surface area contributed by atoms with Gasteiger partial charge in [0.25, 0.3) is 0 Å². The van der Waals surface area contributed by atoms with Crippen molar-refractivity contribution in [2.75, 3.05) is 5.32 Å². The van der Waals surface area contributed by atoms with Crippen LogP contribution in [0.5, 0.6) is 0 Å². The van der Waals surface area contributed by atoms with Crippen LogP contribution in [0.1, 0.15) is 49.2 Å². The third-order valence-electron chi connectivity index (χ3n) is 6.92. The van der Waals surface area contributed by atoms with Crippen LogP contribution in [0.4, 0.5) is 24.8 Å². The van der Waals surface area contributed by atoms with Gasteiger partial charge >= 0.3 is 5.92 Å². The molecule has 1 fully saturated rings. The molecule has 0 amide bonds. The Morgan fingerprint density at radius 2 is 1.74 bits per heavy atom. The van der Waals surface area contributed by atoms with Crippen molar-refractivity contribution in [2.45, 2.75) is 65.5 Å². The van der Waals surface area contributed by atoms with Crippen LogP contribution in [0.2, 0.25) is 0 Å². The van der Waals surface area contributed by atoms with Crippen molar-refractivity contribution in [1.29, 1.82) is 0 Å². The average molecular weight is 526 g/mol. The summed E-state index contributed by atoms with van der Waals surface area (Å²) >= 11 is 0. The Labute approximate surface area is 218 Å². The molecule has 3 heterocycles. The zero-order valence-corrected chi connectivity index (χ0v) is 21.9. The fourth-order valence-electron chi connectivity index (χ4n) is 4.55. The SMILES string of the molecule is Cc1nn(-c2cc(Nc3c(C)c(-c4ccc(F)cc4)nn3CC3CC3)ncn2)c(C)c1C(F)(F)C(C)(C)O. The number of halogens is 3. The second-order valence-corrected chi connectivity index (χ2v) is 10.4. The summed E-state index contributed by atoms with van der Waals surface area (Å²) in [4.78, 5) is 8.59. The van der Waals surface area contributed by atoms with Gasteiger partial charge in [-0.25, -0.2) is 23.7 Å². The van der Waals surface area contributed by atoms with Crippen LogP contribution in [-0.2, 0) is 12.5 Å². The quantitative estimate of drug-likeness (QED) is 0.311. The molecule has 1 saturated carbocycles. The van der Waals surface area contributed by atoms with Crippen molar-refractivity contribution in [3.63, 3.8) is 0 Å². The van der Waals surface area contributed by atoms with E-state index in [1.807, 2.05) is 11.6 Å². The molecule has 5 rings (SSSR count). The van der Waals surface area contributed by atoms with Crippen LogP contribution in [0.3, 0.4) is 0 Å². The Bertz CT molecular complexity index is 1480. The van der Waals surface area contributed by atoms with Gasteiger partial charge < -0.3 is 10.4 Å². The molecule has 0 unspecified atom stereocenters. The van der Waals surface area contributed by atoms with E-state index < -0.39 is 11.5 Å². The molecule has 8 nitrogen and oxygen atoms in total. The molecule has 38 heavy (non-hydrogen) atoms. The lowest BCUT2D eigenvalue weighted by Gasteiger charge is -2.29. The largest absolute Gasteiger partial charge is 0.384 e. The van der Waals surface area contributed by atoms with E-state index in [2.05, 4.69) is 20.4 Å². The monoisotopic (exact) mass is 525 g/mol. The van der Waals surface area contributed by atoms with Crippen LogP contribution in [-0.4, -0.2) is 40.2 Å². The normalized spacial score (nSPS) is 14.2. The number of rotatable bonds is 8. The van der Waals surface area contributed by atoms with E-state index in [4.69, 9.17) is 5.10 Å². The smallest absolute Gasteiger partial charge is 0.304 e. The highest BCUT2D eigenvalue weighted by Gasteiger charge is 2.50. The van der Waals surface area contributed by atoms with Gasteiger partial charge in [-0.15, -0.1) is 0 Å². The molecule has 0 aliphatic heterocycles. The molecule has 0 spiro atoms. The van der Waals surface area contributed by atoms with Gasteiger partial charge in [-0.2, -0.15) is 19.0 Å². The van der Waals surface area contributed by atoms with Gasteiger partial charge in [-0.3, -0.25) is 0 Å². The molecule has 0 atom stereocenters. The molecule has 2 N–H and O–H groups in total. The van der Waals surface area contributed by atoms with Gasteiger partial charge in [0.15, 0.2) is 5.82 Å². The van der Waals surface area contributed by atoms with Crippen molar-refractivity contribution in [2.24, 2.45) is 5.92 Å². The molecule has 11 heteroatoms.